The van der Waals surface area contributed by atoms with Crippen LogP contribution in [-0.2, 0) is 6.54 Å². The van der Waals surface area contributed by atoms with E-state index in [1.54, 1.807) is 6.20 Å². The molecule has 0 saturated carbocycles. The molecule has 3 aromatic heterocycles. The van der Waals surface area contributed by atoms with E-state index in [1.807, 2.05) is 36.5 Å². The van der Waals surface area contributed by atoms with Crippen molar-refractivity contribution in [2.75, 3.05) is 0 Å². The lowest BCUT2D eigenvalue weighted by atomic mass is 10.3. The number of hydrogen-bond donors (Lipinski definition) is 0. The van der Waals surface area contributed by atoms with Gasteiger partial charge in [0.25, 0.3) is 0 Å². The van der Waals surface area contributed by atoms with E-state index < -0.39 is 0 Å². The van der Waals surface area contributed by atoms with Crippen LogP contribution < -0.4 is 0 Å². The second kappa shape index (κ2) is 4.59. The zero-order chi connectivity index (χ0) is 12.5. The minimum atomic E-state index is 0.397. The third-order valence-corrected chi connectivity index (χ3v) is 3.23. The van der Waals surface area contributed by atoms with Crippen LogP contribution >= 0.6 is 23.2 Å². The lowest BCUT2D eigenvalue weighted by Gasteiger charge is -2.05. The Bertz CT molecular complexity index is 692. The van der Waals surface area contributed by atoms with Gasteiger partial charge < -0.3 is 4.57 Å². The van der Waals surface area contributed by atoms with Gasteiger partial charge in [-0.05, 0) is 24.3 Å². The molecule has 0 unspecified atom stereocenters. The van der Waals surface area contributed by atoms with E-state index in [0.29, 0.717) is 16.9 Å². The Morgan fingerprint density at radius 3 is 2.83 bits per heavy atom. The summed E-state index contributed by atoms with van der Waals surface area (Å²) in [6, 6.07) is 9.59. The van der Waals surface area contributed by atoms with Crippen molar-refractivity contribution in [2.45, 2.75) is 6.54 Å². The number of pyridine rings is 2. The van der Waals surface area contributed by atoms with E-state index in [-0.39, 0.29) is 0 Å². The Kier molecular flexibility index (Phi) is 2.94. The number of fused-ring (bicyclic) bond motifs is 1. The summed E-state index contributed by atoms with van der Waals surface area (Å²) in [5.41, 5.74) is 1.95. The molecule has 3 aromatic rings. The molecule has 3 rings (SSSR count). The van der Waals surface area contributed by atoms with Crippen molar-refractivity contribution < 1.29 is 0 Å². The minimum absolute atomic E-state index is 0.397. The van der Waals surface area contributed by atoms with Crippen LogP contribution in [0.1, 0.15) is 5.69 Å². The van der Waals surface area contributed by atoms with Gasteiger partial charge in [0, 0.05) is 17.8 Å². The van der Waals surface area contributed by atoms with Gasteiger partial charge in [-0.2, -0.15) is 0 Å². The molecule has 0 spiro atoms. The Balaban J connectivity index is 2.08. The molecule has 90 valence electrons. The molecule has 3 nitrogen and oxygen atoms in total. The molecule has 0 bridgehead atoms. The summed E-state index contributed by atoms with van der Waals surface area (Å²) in [4.78, 5) is 8.33. The average molecular weight is 278 g/mol. The van der Waals surface area contributed by atoms with Gasteiger partial charge in [0.05, 0.1) is 17.8 Å². The first-order valence-corrected chi connectivity index (χ1v) is 6.20. The van der Waals surface area contributed by atoms with Crippen molar-refractivity contribution >= 4 is 34.1 Å². The molecule has 0 aromatic carbocycles. The van der Waals surface area contributed by atoms with Crippen molar-refractivity contribution in [1.29, 1.82) is 0 Å². The lowest BCUT2D eigenvalue weighted by molar-refractivity contribution is 0.807. The van der Waals surface area contributed by atoms with Gasteiger partial charge >= 0.3 is 0 Å². The molecule has 0 N–H and O–H groups in total. The maximum atomic E-state index is 6.05. The van der Waals surface area contributed by atoms with Gasteiger partial charge in [-0.1, -0.05) is 29.3 Å². The highest BCUT2D eigenvalue weighted by atomic mass is 35.5. The zero-order valence-corrected chi connectivity index (χ0v) is 10.9. The summed E-state index contributed by atoms with van der Waals surface area (Å²) in [6.45, 7) is 0.682. The Hall–Kier alpha value is -1.58. The first-order chi connectivity index (χ1) is 8.74. The van der Waals surface area contributed by atoms with Crippen LogP contribution in [0.15, 0.2) is 42.7 Å². The molecular weight excluding hydrogens is 269 g/mol. The Morgan fingerprint density at radius 2 is 2.06 bits per heavy atom. The Morgan fingerprint density at radius 1 is 1.17 bits per heavy atom. The highest BCUT2D eigenvalue weighted by Crippen LogP contribution is 2.26. The molecule has 0 atom stereocenters. The van der Waals surface area contributed by atoms with Gasteiger partial charge in [-0.25, -0.2) is 4.98 Å². The smallest absolute Gasteiger partial charge is 0.140 e. The second-order valence-electron chi connectivity index (χ2n) is 3.93. The fourth-order valence-electron chi connectivity index (χ4n) is 1.92. The van der Waals surface area contributed by atoms with E-state index in [4.69, 9.17) is 23.2 Å². The summed E-state index contributed by atoms with van der Waals surface area (Å²) in [5, 5.41) is 1.72. The van der Waals surface area contributed by atoms with E-state index in [1.165, 1.54) is 0 Å². The monoisotopic (exact) mass is 277 g/mol. The highest BCUT2D eigenvalue weighted by molar-refractivity contribution is 6.36. The molecule has 0 aliphatic heterocycles. The summed E-state index contributed by atoms with van der Waals surface area (Å²) >= 11 is 12.0. The van der Waals surface area contributed by atoms with Gasteiger partial charge in [0.15, 0.2) is 0 Å². The van der Waals surface area contributed by atoms with Crippen molar-refractivity contribution in [2.24, 2.45) is 0 Å². The molecule has 0 fully saturated rings. The zero-order valence-electron chi connectivity index (χ0n) is 9.35. The highest BCUT2D eigenvalue weighted by Gasteiger charge is 2.08. The van der Waals surface area contributed by atoms with Crippen LogP contribution in [0.3, 0.4) is 0 Å². The van der Waals surface area contributed by atoms with Crippen molar-refractivity contribution in [3.05, 3.63) is 58.7 Å². The first kappa shape index (κ1) is 11.5. The van der Waals surface area contributed by atoms with Gasteiger partial charge in [-0.3, -0.25) is 4.98 Å². The normalized spacial score (nSPS) is 11.0. The van der Waals surface area contributed by atoms with Crippen molar-refractivity contribution in [3.8, 4) is 0 Å². The maximum Gasteiger partial charge on any atom is 0.140 e. The number of halogens is 2. The minimum Gasteiger partial charge on any atom is -0.341 e. The number of hydrogen-bond acceptors (Lipinski definition) is 2. The van der Waals surface area contributed by atoms with Crippen LogP contribution in [0.25, 0.3) is 10.9 Å². The summed E-state index contributed by atoms with van der Waals surface area (Å²) in [5.74, 6) is 0. The molecule has 0 radical (unpaired) electrons. The van der Waals surface area contributed by atoms with Crippen LogP contribution in [-0.4, -0.2) is 14.5 Å². The maximum absolute atomic E-state index is 6.05. The van der Waals surface area contributed by atoms with Gasteiger partial charge in [-0.15, -0.1) is 0 Å². The second-order valence-corrected chi connectivity index (χ2v) is 4.68. The topological polar surface area (TPSA) is 30.7 Å². The molecule has 0 saturated heterocycles. The summed E-state index contributed by atoms with van der Waals surface area (Å²) < 4.78 is 2.05. The van der Waals surface area contributed by atoms with Crippen LogP contribution in [0.4, 0.5) is 0 Å². The molecule has 0 aliphatic carbocycles. The first-order valence-electron chi connectivity index (χ1n) is 5.45. The summed E-state index contributed by atoms with van der Waals surface area (Å²) in [6.07, 6.45) is 3.74. The number of aromatic nitrogens is 3. The average Bonchev–Trinajstić information content (AvgIpc) is 2.74. The molecule has 5 heteroatoms. The van der Waals surface area contributed by atoms with E-state index in [0.717, 1.165) is 16.6 Å². The summed E-state index contributed by atoms with van der Waals surface area (Å²) in [7, 11) is 0. The van der Waals surface area contributed by atoms with Crippen LogP contribution in [0.5, 0.6) is 0 Å². The van der Waals surface area contributed by atoms with Crippen molar-refractivity contribution in [3.63, 3.8) is 0 Å². The molecular formula is C13H9Cl2N3. The predicted molar refractivity (Wildman–Crippen MR) is 73.1 cm³/mol. The molecule has 3 heterocycles. The van der Waals surface area contributed by atoms with E-state index in [2.05, 4.69) is 14.5 Å². The standard InChI is InChI=1S/C13H9Cl2N3/c14-12-7-11-10(13(15)17-12)4-6-18(11)8-9-3-1-2-5-16-9/h1-7H,8H2. The third kappa shape index (κ3) is 2.07. The quantitative estimate of drug-likeness (QED) is 0.668. The predicted octanol–water partition coefficient (Wildman–Crippen LogP) is 3.79. The fraction of sp³-hybridized carbons (Fsp3) is 0.0769. The van der Waals surface area contributed by atoms with Gasteiger partial charge in [0.1, 0.15) is 10.3 Å². The van der Waals surface area contributed by atoms with E-state index in [9.17, 15) is 0 Å². The molecule has 0 amide bonds. The largest absolute Gasteiger partial charge is 0.341 e. The SMILES string of the molecule is Clc1cc2c(ccn2Cc2ccccn2)c(Cl)n1. The van der Waals surface area contributed by atoms with Gasteiger partial charge in [0.2, 0.25) is 0 Å². The number of nitrogens with zero attached hydrogens (tertiary/aromatic N) is 3. The fourth-order valence-corrected chi connectivity index (χ4v) is 2.41. The van der Waals surface area contributed by atoms with Crippen LogP contribution in [0.2, 0.25) is 10.3 Å². The van der Waals surface area contributed by atoms with Crippen molar-refractivity contribution in [1.82, 2.24) is 14.5 Å². The molecule has 0 aliphatic rings. The van der Waals surface area contributed by atoms with E-state index >= 15 is 0 Å². The Labute approximate surface area is 114 Å². The van der Waals surface area contributed by atoms with Crippen LogP contribution in [0, 0.1) is 0 Å². The third-order valence-electron chi connectivity index (χ3n) is 2.75. The lowest BCUT2D eigenvalue weighted by Crippen LogP contribution is -1.99. The molecule has 18 heavy (non-hydrogen) atoms. The number of rotatable bonds is 2.